The first kappa shape index (κ1) is 12.9. The number of rotatable bonds is 5. The van der Waals surface area contributed by atoms with Crippen LogP contribution in [0.5, 0.6) is 0 Å². The molecule has 1 rings (SSSR count). The number of methoxy groups -OCH3 is 1. The van der Waals surface area contributed by atoms with Crippen LogP contribution < -0.4 is 10.6 Å². The molecule has 1 atom stereocenters. The molecule has 1 aromatic heterocycles. The van der Waals surface area contributed by atoms with E-state index in [2.05, 4.69) is 20.8 Å². The molecule has 5 nitrogen and oxygen atoms in total. The number of aromatic nitrogens is 2. The van der Waals surface area contributed by atoms with E-state index in [4.69, 9.17) is 17.0 Å². The van der Waals surface area contributed by atoms with E-state index in [1.165, 1.54) is 0 Å². The Bertz CT molecular complexity index is 339. The van der Waals surface area contributed by atoms with E-state index >= 15 is 0 Å². The van der Waals surface area contributed by atoms with Gasteiger partial charge in [-0.1, -0.05) is 0 Å². The molecule has 0 fully saturated rings. The second-order valence-electron chi connectivity index (χ2n) is 3.70. The van der Waals surface area contributed by atoms with Crippen molar-refractivity contribution in [3.05, 3.63) is 17.5 Å². The summed E-state index contributed by atoms with van der Waals surface area (Å²) in [5.74, 6) is 0. The minimum absolute atomic E-state index is 0.204. The smallest absolute Gasteiger partial charge is 0.166 e. The molecule has 6 heteroatoms. The van der Waals surface area contributed by atoms with E-state index in [1.54, 1.807) is 13.3 Å². The molecule has 0 aromatic carbocycles. The molecule has 0 saturated heterocycles. The Balaban J connectivity index is 2.28. The van der Waals surface area contributed by atoms with E-state index < -0.39 is 0 Å². The molecule has 0 bridgehead atoms. The van der Waals surface area contributed by atoms with Gasteiger partial charge in [-0.25, -0.2) is 0 Å². The number of aryl methyl sites for hydroxylation is 1. The second-order valence-corrected chi connectivity index (χ2v) is 4.11. The molecule has 0 radical (unpaired) electrons. The van der Waals surface area contributed by atoms with Gasteiger partial charge in [0.25, 0.3) is 0 Å². The number of hydrogen-bond acceptors (Lipinski definition) is 3. The van der Waals surface area contributed by atoms with E-state index in [9.17, 15) is 0 Å². The van der Waals surface area contributed by atoms with Crippen molar-refractivity contribution in [2.45, 2.75) is 26.4 Å². The first-order valence-corrected chi connectivity index (χ1v) is 5.56. The lowest BCUT2D eigenvalue weighted by atomic mass is 10.3. The summed E-state index contributed by atoms with van der Waals surface area (Å²) in [6.07, 6.45) is 1.80. The number of nitrogens with one attached hydrogen (secondary N) is 3. The summed E-state index contributed by atoms with van der Waals surface area (Å²) in [5.41, 5.74) is 2.17. The molecule has 0 aliphatic heterocycles. The van der Waals surface area contributed by atoms with Gasteiger partial charge < -0.3 is 15.4 Å². The highest BCUT2D eigenvalue weighted by Crippen LogP contribution is 2.00. The van der Waals surface area contributed by atoms with Gasteiger partial charge in [-0.05, 0) is 26.1 Å². The van der Waals surface area contributed by atoms with Gasteiger partial charge in [0.1, 0.15) is 0 Å². The van der Waals surface area contributed by atoms with Crippen LogP contribution in [0, 0.1) is 6.92 Å². The zero-order valence-corrected chi connectivity index (χ0v) is 10.6. The number of H-pyrrole nitrogens is 1. The predicted molar refractivity (Wildman–Crippen MR) is 67.2 cm³/mol. The molecule has 1 unspecified atom stereocenters. The highest BCUT2D eigenvalue weighted by molar-refractivity contribution is 7.80. The normalized spacial score (nSPS) is 12.2. The molecular formula is C10H18N4OS. The van der Waals surface area contributed by atoms with Crippen LogP contribution in [0.1, 0.15) is 18.2 Å². The van der Waals surface area contributed by atoms with Crippen molar-refractivity contribution in [2.75, 3.05) is 13.7 Å². The lowest BCUT2D eigenvalue weighted by Crippen LogP contribution is -2.42. The lowest BCUT2D eigenvalue weighted by molar-refractivity contribution is 0.179. The molecule has 0 amide bonds. The Kier molecular flexibility index (Phi) is 5.21. The van der Waals surface area contributed by atoms with Gasteiger partial charge in [-0.3, -0.25) is 5.10 Å². The maximum atomic E-state index is 5.15. The number of aromatic amines is 1. The zero-order valence-electron chi connectivity index (χ0n) is 9.83. The molecule has 1 heterocycles. The second kappa shape index (κ2) is 6.44. The highest BCUT2D eigenvalue weighted by Gasteiger charge is 2.04. The fraction of sp³-hybridized carbons (Fsp3) is 0.600. The molecular weight excluding hydrogens is 224 g/mol. The molecule has 90 valence electrons. The predicted octanol–water partition coefficient (Wildman–Crippen LogP) is 0.717. The maximum Gasteiger partial charge on any atom is 0.166 e. The van der Waals surface area contributed by atoms with Crippen molar-refractivity contribution in [2.24, 2.45) is 0 Å². The number of hydrogen-bond donors (Lipinski definition) is 3. The average molecular weight is 242 g/mol. The molecule has 16 heavy (non-hydrogen) atoms. The van der Waals surface area contributed by atoms with Crippen LogP contribution in [0.15, 0.2) is 6.20 Å². The van der Waals surface area contributed by atoms with Crippen molar-refractivity contribution in [1.82, 2.24) is 20.8 Å². The monoisotopic (exact) mass is 242 g/mol. The summed E-state index contributed by atoms with van der Waals surface area (Å²) in [6.45, 7) is 5.30. The first-order valence-electron chi connectivity index (χ1n) is 5.15. The Labute approximate surface area is 101 Å². The van der Waals surface area contributed by atoms with Gasteiger partial charge in [-0.15, -0.1) is 0 Å². The van der Waals surface area contributed by atoms with Crippen LogP contribution in [-0.4, -0.2) is 35.1 Å². The topological polar surface area (TPSA) is 62.0 Å². The van der Waals surface area contributed by atoms with Crippen molar-refractivity contribution in [3.8, 4) is 0 Å². The minimum atomic E-state index is 0.204. The summed E-state index contributed by atoms with van der Waals surface area (Å²) < 4.78 is 5.01. The van der Waals surface area contributed by atoms with E-state index in [1.807, 2.05) is 13.8 Å². The van der Waals surface area contributed by atoms with E-state index in [0.29, 0.717) is 18.3 Å². The fourth-order valence-corrected chi connectivity index (χ4v) is 1.57. The molecule has 0 spiro atoms. The highest BCUT2D eigenvalue weighted by atomic mass is 32.1. The molecule has 1 aromatic rings. The van der Waals surface area contributed by atoms with Crippen molar-refractivity contribution in [1.29, 1.82) is 0 Å². The van der Waals surface area contributed by atoms with Crippen molar-refractivity contribution in [3.63, 3.8) is 0 Å². The Hall–Kier alpha value is -1.14. The standard InChI is InChI=1S/C10H18N4OS/c1-7(6-15-3)13-10(16)11-4-9-5-12-14-8(9)2/h5,7H,4,6H2,1-3H3,(H,12,14)(H2,11,13,16). The molecule has 0 saturated carbocycles. The number of thiocarbonyl (C=S) groups is 1. The first-order chi connectivity index (χ1) is 7.63. The van der Waals surface area contributed by atoms with Crippen LogP contribution in [0.4, 0.5) is 0 Å². The quantitative estimate of drug-likeness (QED) is 0.664. The van der Waals surface area contributed by atoms with Crippen LogP contribution in [-0.2, 0) is 11.3 Å². The SMILES string of the molecule is COCC(C)NC(=S)NCc1cn[nH]c1C. The van der Waals surface area contributed by atoms with Gasteiger partial charge >= 0.3 is 0 Å². The minimum Gasteiger partial charge on any atom is -0.383 e. The third-order valence-corrected chi connectivity index (χ3v) is 2.43. The van der Waals surface area contributed by atoms with Gasteiger partial charge in [0.2, 0.25) is 0 Å². The van der Waals surface area contributed by atoms with Crippen LogP contribution in [0.25, 0.3) is 0 Å². The molecule has 3 N–H and O–H groups in total. The van der Waals surface area contributed by atoms with E-state index in [0.717, 1.165) is 11.3 Å². The van der Waals surface area contributed by atoms with Gasteiger partial charge in [-0.2, -0.15) is 5.10 Å². The largest absolute Gasteiger partial charge is 0.383 e. The Morgan fingerprint density at radius 2 is 2.44 bits per heavy atom. The Morgan fingerprint density at radius 3 is 3.00 bits per heavy atom. The lowest BCUT2D eigenvalue weighted by Gasteiger charge is -2.15. The third kappa shape index (κ3) is 4.16. The van der Waals surface area contributed by atoms with Gasteiger partial charge in [0.15, 0.2) is 5.11 Å². The molecule has 0 aliphatic carbocycles. The summed E-state index contributed by atoms with van der Waals surface area (Å²) >= 11 is 5.15. The number of nitrogens with zero attached hydrogens (tertiary/aromatic N) is 1. The summed E-state index contributed by atoms with van der Waals surface area (Å²) in [7, 11) is 1.67. The zero-order chi connectivity index (χ0) is 12.0. The summed E-state index contributed by atoms with van der Waals surface area (Å²) in [6, 6.07) is 0.204. The van der Waals surface area contributed by atoms with Crippen molar-refractivity contribution < 1.29 is 4.74 Å². The Morgan fingerprint density at radius 1 is 1.69 bits per heavy atom. The van der Waals surface area contributed by atoms with Gasteiger partial charge in [0.05, 0.1) is 12.8 Å². The summed E-state index contributed by atoms with van der Waals surface area (Å²) in [4.78, 5) is 0. The fourth-order valence-electron chi connectivity index (χ4n) is 1.30. The third-order valence-electron chi connectivity index (χ3n) is 2.17. The number of ether oxygens (including phenoxy) is 1. The van der Waals surface area contributed by atoms with Crippen molar-refractivity contribution >= 4 is 17.3 Å². The maximum absolute atomic E-state index is 5.15. The summed E-state index contributed by atoms with van der Waals surface area (Å²) in [5, 5.41) is 13.7. The van der Waals surface area contributed by atoms with Gasteiger partial charge in [0, 0.05) is 31.0 Å². The van der Waals surface area contributed by atoms with E-state index in [-0.39, 0.29) is 6.04 Å². The molecule has 0 aliphatic rings. The van der Waals surface area contributed by atoms with Crippen LogP contribution in [0.3, 0.4) is 0 Å². The van der Waals surface area contributed by atoms with Crippen LogP contribution >= 0.6 is 12.2 Å². The van der Waals surface area contributed by atoms with Crippen LogP contribution in [0.2, 0.25) is 0 Å². The average Bonchev–Trinajstić information content (AvgIpc) is 2.61.